The molecule has 1 aromatic heterocycles. The van der Waals surface area contributed by atoms with Crippen molar-refractivity contribution in [1.82, 2.24) is 9.62 Å². The molecule has 1 N–H and O–H groups in total. The van der Waals surface area contributed by atoms with Crippen molar-refractivity contribution < 1.29 is 22.0 Å². The van der Waals surface area contributed by atoms with Crippen molar-refractivity contribution in [2.75, 3.05) is 19.6 Å². The molecule has 0 bridgehead atoms. The smallest absolute Gasteiger partial charge is 0.246 e. The summed E-state index contributed by atoms with van der Waals surface area (Å²) in [5, 5.41) is 0. The van der Waals surface area contributed by atoms with Crippen LogP contribution >= 0.6 is 0 Å². The van der Waals surface area contributed by atoms with Crippen molar-refractivity contribution in [2.24, 2.45) is 5.92 Å². The van der Waals surface area contributed by atoms with E-state index in [-0.39, 0.29) is 16.7 Å². The number of carbonyl (C=O) groups is 1. The second kappa shape index (κ2) is 8.49. The Morgan fingerprint density at radius 1 is 1.22 bits per heavy atom. The first-order chi connectivity index (χ1) is 12.9. The quantitative estimate of drug-likeness (QED) is 0.767. The van der Waals surface area contributed by atoms with Crippen LogP contribution in [0.5, 0.6) is 0 Å². The van der Waals surface area contributed by atoms with Crippen LogP contribution in [0.2, 0.25) is 0 Å². The molecule has 2 aromatic rings. The lowest BCUT2D eigenvalue weighted by atomic mass is 9.97. The summed E-state index contributed by atoms with van der Waals surface area (Å²) in [5.74, 6) is 0.204. The Balaban J connectivity index is 1.46. The van der Waals surface area contributed by atoms with Gasteiger partial charge >= 0.3 is 0 Å². The normalized spacial score (nSPS) is 16.1. The van der Waals surface area contributed by atoms with Gasteiger partial charge in [0.05, 0.1) is 11.2 Å². The highest BCUT2D eigenvalue weighted by molar-refractivity contribution is 7.89. The standard InChI is InChI=1S/C19H21FN2O4S/c20-16-3-6-18(7-4-16)27(24,25)21-14-15-9-11-22(12-10-15)19(23)8-5-17-2-1-13-26-17/h1-8,13,15,21H,9-12,14H2/b8-5+. The zero-order chi connectivity index (χ0) is 19.3. The third kappa shape index (κ3) is 5.27. The molecule has 0 atom stereocenters. The molecule has 0 spiro atoms. The lowest BCUT2D eigenvalue weighted by molar-refractivity contribution is -0.127. The summed E-state index contributed by atoms with van der Waals surface area (Å²) in [4.78, 5) is 14.0. The number of amides is 1. The molecule has 6 nitrogen and oxygen atoms in total. The first-order valence-corrected chi connectivity index (χ1v) is 10.2. The van der Waals surface area contributed by atoms with Crippen LogP contribution in [0.4, 0.5) is 4.39 Å². The highest BCUT2D eigenvalue weighted by Gasteiger charge is 2.23. The van der Waals surface area contributed by atoms with Crippen LogP contribution in [0.25, 0.3) is 6.08 Å². The van der Waals surface area contributed by atoms with Crippen molar-refractivity contribution in [3.05, 3.63) is 60.3 Å². The van der Waals surface area contributed by atoms with Crippen molar-refractivity contribution >= 4 is 22.0 Å². The highest BCUT2D eigenvalue weighted by Crippen LogP contribution is 2.18. The van der Waals surface area contributed by atoms with Crippen LogP contribution in [0.3, 0.4) is 0 Å². The number of carbonyl (C=O) groups excluding carboxylic acids is 1. The largest absolute Gasteiger partial charge is 0.465 e. The number of furan rings is 1. The molecule has 1 aromatic carbocycles. The van der Waals surface area contributed by atoms with E-state index >= 15 is 0 Å². The molecule has 1 aliphatic rings. The number of nitrogens with zero attached hydrogens (tertiary/aromatic N) is 1. The van der Waals surface area contributed by atoms with E-state index in [2.05, 4.69) is 4.72 Å². The molecule has 1 saturated heterocycles. The maximum absolute atomic E-state index is 12.9. The van der Waals surface area contributed by atoms with Gasteiger partial charge in [-0.3, -0.25) is 4.79 Å². The summed E-state index contributed by atoms with van der Waals surface area (Å²) < 4.78 is 45.1. The number of hydrogen-bond acceptors (Lipinski definition) is 4. The Morgan fingerprint density at radius 3 is 2.56 bits per heavy atom. The van der Waals surface area contributed by atoms with Gasteiger partial charge in [-0.05, 0) is 61.2 Å². The van der Waals surface area contributed by atoms with Crippen LogP contribution < -0.4 is 4.72 Å². The van der Waals surface area contributed by atoms with Gasteiger partial charge in [0.1, 0.15) is 11.6 Å². The third-order valence-electron chi connectivity index (χ3n) is 4.55. The lowest BCUT2D eigenvalue weighted by Crippen LogP contribution is -2.40. The molecule has 8 heteroatoms. The molecule has 144 valence electrons. The second-order valence-electron chi connectivity index (χ2n) is 6.42. The minimum atomic E-state index is -3.66. The number of halogens is 1. The average Bonchev–Trinajstić information content (AvgIpc) is 3.19. The second-order valence-corrected chi connectivity index (χ2v) is 8.19. The van der Waals surface area contributed by atoms with Gasteiger partial charge in [0.25, 0.3) is 0 Å². The number of nitrogens with one attached hydrogen (secondary N) is 1. The maximum Gasteiger partial charge on any atom is 0.246 e. The molecule has 1 fully saturated rings. The van der Waals surface area contributed by atoms with Crippen LogP contribution in [0.1, 0.15) is 18.6 Å². The molecule has 0 aliphatic carbocycles. The minimum absolute atomic E-state index is 0.0413. The maximum atomic E-state index is 12.9. The zero-order valence-corrected chi connectivity index (χ0v) is 15.5. The Kier molecular flexibility index (Phi) is 6.08. The molecular formula is C19H21FN2O4S. The third-order valence-corrected chi connectivity index (χ3v) is 5.99. The Bertz CT molecular complexity index is 884. The van der Waals surface area contributed by atoms with E-state index < -0.39 is 15.8 Å². The molecule has 0 radical (unpaired) electrons. The van der Waals surface area contributed by atoms with Crippen molar-refractivity contribution in [1.29, 1.82) is 0 Å². The van der Waals surface area contributed by atoms with Crippen LogP contribution in [-0.2, 0) is 14.8 Å². The van der Waals surface area contributed by atoms with Crippen molar-refractivity contribution in [2.45, 2.75) is 17.7 Å². The van der Waals surface area contributed by atoms with E-state index in [9.17, 15) is 17.6 Å². The van der Waals surface area contributed by atoms with Gasteiger partial charge in [0, 0.05) is 25.7 Å². The zero-order valence-electron chi connectivity index (χ0n) is 14.7. The molecule has 0 unspecified atom stereocenters. The Morgan fingerprint density at radius 2 is 1.93 bits per heavy atom. The minimum Gasteiger partial charge on any atom is -0.465 e. The van der Waals surface area contributed by atoms with Crippen molar-refractivity contribution in [3.63, 3.8) is 0 Å². The molecule has 2 heterocycles. The molecule has 0 saturated carbocycles. The van der Waals surface area contributed by atoms with Gasteiger partial charge < -0.3 is 9.32 Å². The molecule has 1 aliphatic heterocycles. The SMILES string of the molecule is O=C(/C=C/c1ccco1)N1CCC(CNS(=O)(=O)c2ccc(F)cc2)CC1. The fourth-order valence-corrected chi connectivity index (χ4v) is 4.04. The van der Waals surface area contributed by atoms with E-state index in [1.807, 2.05) is 0 Å². The average molecular weight is 392 g/mol. The summed E-state index contributed by atoms with van der Waals surface area (Å²) in [7, 11) is -3.66. The van der Waals surface area contributed by atoms with Gasteiger partial charge in [-0.1, -0.05) is 0 Å². The fourth-order valence-electron chi connectivity index (χ4n) is 2.93. The molecule has 1 amide bonds. The number of likely N-dealkylation sites (tertiary alicyclic amines) is 1. The number of benzene rings is 1. The summed E-state index contributed by atoms with van der Waals surface area (Å²) in [6, 6.07) is 8.24. The lowest BCUT2D eigenvalue weighted by Gasteiger charge is -2.31. The Labute approximate surface area is 157 Å². The van der Waals surface area contributed by atoms with E-state index in [4.69, 9.17) is 4.42 Å². The predicted octanol–water partition coefficient (Wildman–Crippen LogP) is 2.65. The topological polar surface area (TPSA) is 79.6 Å². The van der Waals surface area contributed by atoms with Crippen LogP contribution in [0, 0.1) is 11.7 Å². The summed E-state index contributed by atoms with van der Waals surface area (Å²) in [6.07, 6.45) is 6.09. The van der Waals surface area contributed by atoms with E-state index in [1.54, 1.807) is 29.4 Å². The first kappa shape index (κ1) is 19.3. The van der Waals surface area contributed by atoms with Crippen molar-refractivity contribution in [3.8, 4) is 0 Å². The number of sulfonamides is 1. The van der Waals surface area contributed by atoms with E-state index in [1.165, 1.54) is 18.2 Å². The molecule has 3 rings (SSSR count). The van der Waals surface area contributed by atoms with Gasteiger partial charge in [-0.25, -0.2) is 17.5 Å². The van der Waals surface area contributed by atoms with Crippen LogP contribution in [0.15, 0.2) is 58.1 Å². The van der Waals surface area contributed by atoms with E-state index in [0.717, 1.165) is 12.1 Å². The fraction of sp³-hybridized carbons (Fsp3) is 0.316. The van der Waals surface area contributed by atoms with Gasteiger partial charge in [-0.15, -0.1) is 0 Å². The highest BCUT2D eigenvalue weighted by atomic mass is 32.2. The Hall–Kier alpha value is -2.45. The monoisotopic (exact) mass is 392 g/mol. The van der Waals surface area contributed by atoms with Gasteiger partial charge in [-0.2, -0.15) is 0 Å². The first-order valence-electron chi connectivity index (χ1n) is 8.70. The van der Waals surface area contributed by atoms with Crippen LogP contribution in [-0.4, -0.2) is 38.9 Å². The summed E-state index contributed by atoms with van der Waals surface area (Å²) >= 11 is 0. The van der Waals surface area contributed by atoms with Gasteiger partial charge in [0.2, 0.25) is 15.9 Å². The van der Waals surface area contributed by atoms with Gasteiger partial charge in [0.15, 0.2) is 0 Å². The molecule has 27 heavy (non-hydrogen) atoms. The molecular weight excluding hydrogens is 371 g/mol. The number of hydrogen-bond donors (Lipinski definition) is 1. The van der Waals surface area contributed by atoms with E-state index in [0.29, 0.717) is 38.2 Å². The predicted molar refractivity (Wildman–Crippen MR) is 98.6 cm³/mol. The number of rotatable bonds is 6. The summed E-state index contributed by atoms with van der Waals surface area (Å²) in [6.45, 7) is 1.44. The number of piperidine rings is 1. The summed E-state index contributed by atoms with van der Waals surface area (Å²) in [5.41, 5.74) is 0.